The van der Waals surface area contributed by atoms with Gasteiger partial charge in [0.1, 0.15) is 11.5 Å². The Morgan fingerprint density at radius 1 is 1.08 bits per heavy atom. The molecule has 0 radical (unpaired) electrons. The van der Waals surface area contributed by atoms with Gasteiger partial charge in [-0.05, 0) is 12.0 Å². The Kier molecular flexibility index (Phi) is 5.46. The zero-order chi connectivity index (χ0) is 17.8. The Hall–Kier alpha value is -2.24. The fourth-order valence-electron chi connectivity index (χ4n) is 2.45. The van der Waals surface area contributed by atoms with Gasteiger partial charge in [-0.15, -0.1) is 11.3 Å². The molecule has 1 aromatic heterocycles. The van der Waals surface area contributed by atoms with Crippen molar-refractivity contribution in [1.29, 1.82) is 0 Å². The van der Waals surface area contributed by atoms with Crippen LogP contribution >= 0.6 is 22.9 Å². The van der Waals surface area contributed by atoms with Gasteiger partial charge < -0.3 is 14.8 Å². The van der Waals surface area contributed by atoms with Crippen molar-refractivity contribution in [3.05, 3.63) is 52.4 Å². The largest absolute Gasteiger partial charge is 0.495 e. The molecule has 1 heterocycles. The Labute approximate surface area is 156 Å². The van der Waals surface area contributed by atoms with Crippen LogP contribution in [0.2, 0.25) is 5.02 Å². The molecule has 0 amide bonds. The molecule has 1 N–H and O–H groups in total. The summed E-state index contributed by atoms with van der Waals surface area (Å²) < 4.78 is 10.7. The molecule has 0 saturated carbocycles. The first-order valence-electron chi connectivity index (χ1n) is 7.88. The minimum Gasteiger partial charge on any atom is -0.495 e. The van der Waals surface area contributed by atoms with Crippen molar-refractivity contribution in [2.24, 2.45) is 0 Å². The normalized spacial score (nSPS) is 10.6. The lowest BCUT2D eigenvalue weighted by Crippen LogP contribution is -1.96. The van der Waals surface area contributed by atoms with Crippen LogP contribution in [0.15, 0.2) is 41.8 Å². The third-order valence-corrected chi connectivity index (χ3v) is 4.93. The molecule has 0 fully saturated rings. The summed E-state index contributed by atoms with van der Waals surface area (Å²) in [5.74, 6) is 1.21. The molecule has 0 bridgehead atoms. The molecule has 0 saturated heterocycles. The van der Waals surface area contributed by atoms with Gasteiger partial charge in [-0.1, -0.05) is 42.8 Å². The van der Waals surface area contributed by atoms with Crippen molar-refractivity contribution in [1.82, 2.24) is 4.98 Å². The van der Waals surface area contributed by atoms with Gasteiger partial charge in [0.2, 0.25) is 0 Å². The van der Waals surface area contributed by atoms with Gasteiger partial charge in [0.25, 0.3) is 0 Å². The van der Waals surface area contributed by atoms with Crippen LogP contribution in [0.25, 0.3) is 11.3 Å². The maximum Gasteiger partial charge on any atom is 0.187 e. The fraction of sp³-hybridized carbons (Fsp3) is 0.211. The summed E-state index contributed by atoms with van der Waals surface area (Å²) in [4.78, 5) is 4.66. The van der Waals surface area contributed by atoms with Crippen LogP contribution in [0.4, 0.5) is 10.8 Å². The number of ether oxygens (including phenoxy) is 2. The van der Waals surface area contributed by atoms with E-state index < -0.39 is 0 Å². The van der Waals surface area contributed by atoms with Crippen molar-refractivity contribution >= 4 is 33.8 Å². The number of hydrogen-bond acceptors (Lipinski definition) is 5. The highest BCUT2D eigenvalue weighted by molar-refractivity contribution is 7.14. The minimum atomic E-state index is 0.501. The topological polar surface area (TPSA) is 43.4 Å². The number of halogens is 1. The number of anilines is 2. The molecule has 3 rings (SSSR count). The molecule has 25 heavy (non-hydrogen) atoms. The number of aryl methyl sites for hydroxylation is 1. The average Bonchev–Trinajstić information content (AvgIpc) is 3.11. The highest BCUT2D eigenvalue weighted by Crippen LogP contribution is 2.38. The number of hydrogen-bond donors (Lipinski definition) is 1. The van der Waals surface area contributed by atoms with E-state index in [4.69, 9.17) is 21.1 Å². The van der Waals surface area contributed by atoms with E-state index in [1.54, 1.807) is 26.4 Å². The van der Waals surface area contributed by atoms with E-state index in [1.165, 1.54) is 16.9 Å². The van der Waals surface area contributed by atoms with Crippen molar-refractivity contribution in [2.45, 2.75) is 13.3 Å². The third-order valence-electron chi connectivity index (χ3n) is 3.88. The maximum absolute atomic E-state index is 6.15. The fourth-order valence-corrected chi connectivity index (χ4v) is 3.41. The minimum absolute atomic E-state index is 0.501. The van der Waals surface area contributed by atoms with Gasteiger partial charge in [0.05, 0.1) is 30.6 Å². The van der Waals surface area contributed by atoms with Crippen LogP contribution in [0.3, 0.4) is 0 Å². The molecule has 2 aromatic carbocycles. The summed E-state index contributed by atoms with van der Waals surface area (Å²) in [5, 5.41) is 6.59. The summed E-state index contributed by atoms with van der Waals surface area (Å²) in [6.07, 6.45) is 1.03. The van der Waals surface area contributed by atoms with Crippen molar-refractivity contribution in [3.8, 4) is 22.8 Å². The second-order valence-corrected chi connectivity index (χ2v) is 6.67. The summed E-state index contributed by atoms with van der Waals surface area (Å²) >= 11 is 7.68. The molecule has 0 unspecified atom stereocenters. The van der Waals surface area contributed by atoms with Gasteiger partial charge in [-0.3, -0.25) is 0 Å². The smallest absolute Gasteiger partial charge is 0.187 e. The second-order valence-electron chi connectivity index (χ2n) is 5.40. The molecule has 130 valence electrons. The summed E-state index contributed by atoms with van der Waals surface area (Å²) in [6.45, 7) is 2.15. The number of nitrogens with one attached hydrogen (secondary N) is 1. The quantitative estimate of drug-likeness (QED) is 0.593. The molecule has 0 atom stereocenters. The zero-order valence-electron chi connectivity index (χ0n) is 14.3. The van der Waals surface area contributed by atoms with Gasteiger partial charge in [-0.25, -0.2) is 4.98 Å². The summed E-state index contributed by atoms with van der Waals surface area (Å²) in [5.41, 5.74) is 4.11. The van der Waals surface area contributed by atoms with Crippen LogP contribution in [-0.2, 0) is 6.42 Å². The van der Waals surface area contributed by atoms with E-state index >= 15 is 0 Å². The van der Waals surface area contributed by atoms with Crippen molar-refractivity contribution < 1.29 is 9.47 Å². The number of aromatic nitrogens is 1. The first kappa shape index (κ1) is 17.6. The van der Waals surface area contributed by atoms with Crippen LogP contribution in [0.5, 0.6) is 11.5 Å². The number of thiazole rings is 1. The molecular weight excluding hydrogens is 356 g/mol. The molecule has 3 aromatic rings. The van der Waals surface area contributed by atoms with Crippen LogP contribution in [0.1, 0.15) is 12.5 Å². The number of rotatable bonds is 6. The Bertz CT molecular complexity index is 862. The Morgan fingerprint density at radius 3 is 2.44 bits per heavy atom. The van der Waals surface area contributed by atoms with E-state index in [0.29, 0.717) is 16.5 Å². The van der Waals surface area contributed by atoms with Crippen molar-refractivity contribution in [3.63, 3.8) is 0 Å². The predicted octanol–water partition coefficient (Wildman–Crippen LogP) is 5.79. The lowest BCUT2D eigenvalue weighted by atomic mass is 10.1. The second kappa shape index (κ2) is 7.76. The van der Waals surface area contributed by atoms with E-state index in [-0.39, 0.29) is 0 Å². The predicted molar refractivity (Wildman–Crippen MR) is 105 cm³/mol. The van der Waals surface area contributed by atoms with Gasteiger partial charge in [0.15, 0.2) is 5.13 Å². The van der Waals surface area contributed by atoms with Crippen LogP contribution < -0.4 is 14.8 Å². The highest BCUT2D eigenvalue weighted by atomic mass is 35.5. The molecule has 0 aliphatic carbocycles. The number of methoxy groups -OCH3 is 2. The standard InChI is InChI=1S/C19H19ClN2O2S/c1-4-12-5-7-13(8-6-12)16-11-25-19(22-16)21-15-10-17(23-2)14(20)9-18(15)24-3/h5-11H,4H2,1-3H3,(H,21,22). The molecule has 4 nitrogen and oxygen atoms in total. The van der Waals surface area contributed by atoms with Gasteiger partial charge >= 0.3 is 0 Å². The van der Waals surface area contributed by atoms with Crippen molar-refractivity contribution in [2.75, 3.05) is 19.5 Å². The van der Waals surface area contributed by atoms with Gasteiger partial charge in [-0.2, -0.15) is 0 Å². The average molecular weight is 375 g/mol. The first-order chi connectivity index (χ1) is 12.1. The third kappa shape index (κ3) is 3.89. The van der Waals surface area contributed by atoms with Crippen LogP contribution in [0, 0.1) is 0 Å². The van der Waals surface area contributed by atoms with E-state index in [9.17, 15) is 0 Å². The molecule has 0 spiro atoms. The van der Waals surface area contributed by atoms with E-state index in [0.717, 1.165) is 28.5 Å². The zero-order valence-corrected chi connectivity index (χ0v) is 15.9. The molecule has 0 aliphatic heterocycles. The van der Waals surface area contributed by atoms with E-state index in [2.05, 4.69) is 41.5 Å². The van der Waals surface area contributed by atoms with E-state index in [1.807, 2.05) is 5.38 Å². The maximum atomic E-state index is 6.15. The molecule has 6 heteroatoms. The highest BCUT2D eigenvalue weighted by Gasteiger charge is 2.12. The SMILES string of the molecule is CCc1ccc(-c2csc(Nc3cc(OC)c(Cl)cc3OC)n2)cc1. The molecular formula is C19H19ClN2O2S. The molecule has 0 aliphatic rings. The lowest BCUT2D eigenvalue weighted by Gasteiger charge is -2.12. The number of nitrogens with zero attached hydrogens (tertiary/aromatic N) is 1. The lowest BCUT2D eigenvalue weighted by molar-refractivity contribution is 0.405. The Morgan fingerprint density at radius 2 is 1.80 bits per heavy atom. The van der Waals surface area contributed by atoms with Gasteiger partial charge in [0, 0.05) is 23.1 Å². The Balaban J connectivity index is 1.85. The summed E-state index contributed by atoms with van der Waals surface area (Å²) in [7, 11) is 3.19. The summed E-state index contributed by atoms with van der Waals surface area (Å²) in [6, 6.07) is 12.0. The number of benzene rings is 2. The van der Waals surface area contributed by atoms with Crippen LogP contribution in [-0.4, -0.2) is 19.2 Å². The monoisotopic (exact) mass is 374 g/mol. The first-order valence-corrected chi connectivity index (χ1v) is 9.13.